The minimum atomic E-state index is -4.79. The average Bonchev–Trinajstić information content (AvgIpc) is 2.37. The topological polar surface area (TPSA) is 72.2 Å². The maximum Gasteiger partial charge on any atom is 0.423 e. The van der Waals surface area contributed by atoms with E-state index >= 15 is 0 Å². The lowest BCUT2D eigenvalue weighted by molar-refractivity contribution is -0.388. The van der Waals surface area contributed by atoms with Gasteiger partial charge in [0.25, 0.3) is 5.69 Å². The summed E-state index contributed by atoms with van der Waals surface area (Å²) in [5.74, 6) is 0. The summed E-state index contributed by atoms with van der Waals surface area (Å²) >= 11 is 0. The molecular weight excluding hydrogens is 309 g/mol. The predicted octanol–water partition coefficient (Wildman–Crippen LogP) is 3.18. The second kappa shape index (κ2) is 6.88. The SMILES string of the molecule is CC(CCNc1ccc([N+](=O)[O-])c(C(F)(F)F)c1)S(C)=O. The first-order valence-corrected chi connectivity index (χ1v) is 7.66. The van der Waals surface area contributed by atoms with Crippen molar-refractivity contribution in [3.63, 3.8) is 0 Å². The zero-order valence-corrected chi connectivity index (χ0v) is 12.3. The fraction of sp³-hybridized carbons (Fsp3) is 0.500. The van der Waals surface area contributed by atoms with E-state index in [1.165, 1.54) is 6.07 Å². The van der Waals surface area contributed by atoms with Crippen molar-refractivity contribution >= 4 is 22.2 Å². The molecule has 1 rings (SSSR count). The highest BCUT2D eigenvalue weighted by Gasteiger charge is 2.38. The van der Waals surface area contributed by atoms with E-state index in [9.17, 15) is 27.5 Å². The summed E-state index contributed by atoms with van der Waals surface area (Å²) in [5.41, 5.74) is -2.12. The van der Waals surface area contributed by atoms with E-state index in [1.54, 1.807) is 13.2 Å². The number of nitro benzene ring substituents is 1. The summed E-state index contributed by atoms with van der Waals surface area (Å²) in [7, 11) is -1.01. The van der Waals surface area contributed by atoms with Crippen molar-refractivity contribution in [3.05, 3.63) is 33.9 Å². The normalized spacial score (nSPS) is 14.5. The van der Waals surface area contributed by atoms with Gasteiger partial charge in [0, 0.05) is 40.6 Å². The molecule has 5 nitrogen and oxygen atoms in total. The quantitative estimate of drug-likeness (QED) is 0.644. The molecule has 2 atom stereocenters. The van der Waals surface area contributed by atoms with Gasteiger partial charge >= 0.3 is 6.18 Å². The van der Waals surface area contributed by atoms with Gasteiger partial charge < -0.3 is 5.32 Å². The lowest BCUT2D eigenvalue weighted by Gasteiger charge is -2.12. The maximum absolute atomic E-state index is 12.8. The van der Waals surface area contributed by atoms with Gasteiger partial charge in [0.05, 0.1) is 4.92 Å². The molecule has 0 spiro atoms. The lowest BCUT2D eigenvalue weighted by Crippen LogP contribution is -2.15. The predicted molar refractivity (Wildman–Crippen MR) is 74.7 cm³/mol. The van der Waals surface area contributed by atoms with Gasteiger partial charge in [-0.05, 0) is 18.6 Å². The van der Waals surface area contributed by atoms with Crippen molar-refractivity contribution < 1.29 is 22.3 Å². The van der Waals surface area contributed by atoms with Crippen LogP contribution < -0.4 is 5.32 Å². The highest BCUT2D eigenvalue weighted by atomic mass is 32.2. The molecule has 0 fully saturated rings. The van der Waals surface area contributed by atoms with E-state index in [0.717, 1.165) is 6.07 Å². The number of hydrogen-bond acceptors (Lipinski definition) is 4. The number of benzene rings is 1. The van der Waals surface area contributed by atoms with Crippen LogP contribution in [0.15, 0.2) is 18.2 Å². The third-order valence-electron chi connectivity index (χ3n) is 2.95. The summed E-state index contributed by atoms with van der Waals surface area (Å²) in [6.07, 6.45) is -2.72. The molecule has 1 aromatic rings. The summed E-state index contributed by atoms with van der Waals surface area (Å²) in [4.78, 5) is 9.55. The molecule has 0 amide bonds. The molecule has 118 valence electrons. The number of nitrogens with one attached hydrogen (secondary N) is 1. The minimum Gasteiger partial charge on any atom is -0.385 e. The van der Waals surface area contributed by atoms with Gasteiger partial charge in [-0.15, -0.1) is 0 Å². The van der Waals surface area contributed by atoms with Crippen molar-refractivity contribution in [3.8, 4) is 0 Å². The average molecular weight is 324 g/mol. The first kappa shape index (κ1) is 17.4. The number of nitro groups is 1. The van der Waals surface area contributed by atoms with Crippen LogP contribution >= 0.6 is 0 Å². The Kier molecular flexibility index (Phi) is 5.70. The third-order valence-corrected chi connectivity index (χ3v) is 4.31. The van der Waals surface area contributed by atoms with E-state index in [-0.39, 0.29) is 10.9 Å². The molecule has 0 aliphatic heterocycles. The molecule has 1 N–H and O–H groups in total. The summed E-state index contributed by atoms with van der Waals surface area (Å²) in [6, 6.07) is 2.76. The molecule has 0 bridgehead atoms. The summed E-state index contributed by atoms with van der Waals surface area (Å²) in [6.45, 7) is 2.10. The van der Waals surface area contributed by atoms with Crippen molar-refractivity contribution in [1.82, 2.24) is 0 Å². The van der Waals surface area contributed by atoms with Crippen molar-refractivity contribution in [2.24, 2.45) is 0 Å². The van der Waals surface area contributed by atoms with Gasteiger partial charge in [0.15, 0.2) is 0 Å². The van der Waals surface area contributed by atoms with E-state index in [4.69, 9.17) is 0 Å². The Morgan fingerprint density at radius 3 is 2.52 bits per heavy atom. The molecule has 0 radical (unpaired) electrons. The largest absolute Gasteiger partial charge is 0.423 e. The van der Waals surface area contributed by atoms with Gasteiger partial charge in [0.2, 0.25) is 0 Å². The van der Waals surface area contributed by atoms with Crippen LogP contribution in [0, 0.1) is 10.1 Å². The Hall–Kier alpha value is -1.64. The van der Waals surface area contributed by atoms with Gasteiger partial charge in [-0.1, -0.05) is 6.92 Å². The molecule has 2 unspecified atom stereocenters. The Balaban J connectivity index is 2.86. The Bertz CT molecular complexity index is 549. The molecule has 0 saturated carbocycles. The molecule has 9 heteroatoms. The molecule has 0 saturated heterocycles. The highest BCUT2D eigenvalue weighted by molar-refractivity contribution is 7.84. The zero-order valence-electron chi connectivity index (χ0n) is 11.4. The number of nitrogens with zero attached hydrogens (tertiary/aromatic N) is 1. The summed E-state index contributed by atoms with van der Waals surface area (Å²) in [5, 5.41) is 13.3. The number of rotatable bonds is 6. The monoisotopic (exact) mass is 324 g/mol. The van der Waals surface area contributed by atoms with Crippen molar-refractivity contribution in [2.45, 2.75) is 24.8 Å². The molecule has 0 heterocycles. The number of hydrogen-bond donors (Lipinski definition) is 1. The Morgan fingerprint density at radius 1 is 1.43 bits per heavy atom. The molecular formula is C12H15F3N2O3S. The van der Waals surface area contributed by atoms with E-state index in [0.29, 0.717) is 19.0 Å². The van der Waals surface area contributed by atoms with E-state index in [1.807, 2.05) is 0 Å². The van der Waals surface area contributed by atoms with Crippen LogP contribution in [0.3, 0.4) is 0 Å². The first-order valence-electron chi connectivity index (χ1n) is 6.04. The molecule has 21 heavy (non-hydrogen) atoms. The van der Waals surface area contributed by atoms with Crippen LogP contribution in [0.5, 0.6) is 0 Å². The van der Waals surface area contributed by atoms with E-state index < -0.39 is 33.2 Å². The van der Waals surface area contributed by atoms with Gasteiger partial charge in [0.1, 0.15) is 5.56 Å². The Morgan fingerprint density at radius 2 is 2.05 bits per heavy atom. The maximum atomic E-state index is 12.8. The van der Waals surface area contributed by atoms with Crippen molar-refractivity contribution in [2.75, 3.05) is 18.1 Å². The second-order valence-electron chi connectivity index (χ2n) is 4.51. The number of anilines is 1. The Labute approximate surface area is 122 Å². The molecule has 1 aromatic carbocycles. The molecule has 0 aromatic heterocycles. The number of alkyl halides is 3. The standard InChI is InChI=1S/C12H15F3N2O3S/c1-8(21(2)20)5-6-16-9-3-4-11(17(18)19)10(7-9)12(13,14)15/h3-4,7-8,16H,5-6H2,1-2H3. The number of halogens is 3. The highest BCUT2D eigenvalue weighted by Crippen LogP contribution is 2.37. The van der Waals surface area contributed by atoms with Gasteiger partial charge in [-0.25, -0.2) is 0 Å². The van der Waals surface area contributed by atoms with Crippen LogP contribution in [-0.4, -0.2) is 27.2 Å². The van der Waals surface area contributed by atoms with Gasteiger partial charge in [-0.2, -0.15) is 13.2 Å². The molecule has 0 aliphatic carbocycles. The third kappa shape index (κ3) is 5.00. The summed E-state index contributed by atoms with van der Waals surface area (Å²) < 4.78 is 49.5. The zero-order chi connectivity index (χ0) is 16.2. The van der Waals surface area contributed by atoms with Crippen LogP contribution in [-0.2, 0) is 17.0 Å². The molecule has 0 aliphatic rings. The second-order valence-corrected chi connectivity index (χ2v) is 6.31. The lowest BCUT2D eigenvalue weighted by atomic mass is 10.1. The van der Waals surface area contributed by atoms with Crippen LogP contribution in [0.2, 0.25) is 0 Å². The van der Waals surface area contributed by atoms with Crippen LogP contribution in [0.4, 0.5) is 24.5 Å². The van der Waals surface area contributed by atoms with E-state index in [2.05, 4.69) is 5.32 Å². The first-order chi connectivity index (χ1) is 9.62. The minimum absolute atomic E-state index is 0.0855. The van der Waals surface area contributed by atoms with Crippen LogP contribution in [0.25, 0.3) is 0 Å². The fourth-order valence-corrected chi connectivity index (χ4v) is 2.07. The fourth-order valence-electron chi connectivity index (χ4n) is 1.62. The van der Waals surface area contributed by atoms with Crippen molar-refractivity contribution in [1.29, 1.82) is 0 Å². The van der Waals surface area contributed by atoms with Gasteiger partial charge in [-0.3, -0.25) is 14.3 Å². The van der Waals surface area contributed by atoms with Crippen LogP contribution in [0.1, 0.15) is 18.9 Å². The smallest absolute Gasteiger partial charge is 0.385 e.